The van der Waals surface area contributed by atoms with Gasteiger partial charge in [-0.2, -0.15) is 0 Å². The van der Waals surface area contributed by atoms with E-state index in [0.29, 0.717) is 11.4 Å². The van der Waals surface area contributed by atoms with Gasteiger partial charge in [0.15, 0.2) is 0 Å². The van der Waals surface area contributed by atoms with Gasteiger partial charge in [0.1, 0.15) is 5.44 Å². The van der Waals surface area contributed by atoms with Crippen molar-refractivity contribution in [3.8, 4) is 0 Å². The molecule has 0 heterocycles. The molecule has 0 aliphatic rings. The summed E-state index contributed by atoms with van der Waals surface area (Å²) in [6.07, 6.45) is 2.08. The average molecular weight is 178 g/mol. The van der Waals surface area contributed by atoms with Crippen LogP contribution in [0.15, 0.2) is 0 Å². The molecule has 10 heavy (non-hydrogen) atoms. The molecule has 1 unspecified atom stereocenters. The predicted octanol–water partition coefficient (Wildman–Crippen LogP) is 2.40. The Hall–Kier alpha value is 0.725. The quantitative estimate of drug-likeness (QED) is 0.363. The van der Waals surface area contributed by atoms with Crippen LogP contribution in [0.1, 0.15) is 13.8 Å². The van der Waals surface area contributed by atoms with Gasteiger partial charge in [-0.25, -0.2) is 0 Å². The van der Waals surface area contributed by atoms with Crippen molar-refractivity contribution in [1.29, 1.82) is 0 Å². The molecular formula is C6H15BOS2. The van der Waals surface area contributed by atoms with Gasteiger partial charge in [-0.15, -0.1) is 11.8 Å². The van der Waals surface area contributed by atoms with E-state index in [1.807, 2.05) is 0 Å². The Morgan fingerprint density at radius 3 is 2.30 bits per heavy atom. The SMILES string of the molecule is CBSOC(SC)C(C)C. The first kappa shape index (κ1) is 10.7. The van der Waals surface area contributed by atoms with Crippen LogP contribution in [0.2, 0.25) is 6.82 Å². The van der Waals surface area contributed by atoms with E-state index in [0.717, 1.165) is 6.56 Å². The van der Waals surface area contributed by atoms with Crippen LogP contribution in [0, 0.1) is 5.92 Å². The lowest BCUT2D eigenvalue weighted by Gasteiger charge is -2.17. The van der Waals surface area contributed by atoms with Gasteiger partial charge in [-0.05, 0) is 12.2 Å². The summed E-state index contributed by atoms with van der Waals surface area (Å²) in [5, 5.41) is 0. The van der Waals surface area contributed by atoms with Crippen LogP contribution in [0.25, 0.3) is 0 Å². The van der Waals surface area contributed by atoms with Crippen molar-refractivity contribution in [2.75, 3.05) is 6.26 Å². The summed E-state index contributed by atoms with van der Waals surface area (Å²) in [7, 11) is 0. The van der Waals surface area contributed by atoms with Gasteiger partial charge >= 0.3 is 0 Å². The van der Waals surface area contributed by atoms with Crippen LogP contribution >= 0.6 is 23.7 Å². The van der Waals surface area contributed by atoms with E-state index in [2.05, 4.69) is 26.9 Å². The average Bonchev–Trinajstić information content (AvgIpc) is 1.89. The molecule has 0 aliphatic carbocycles. The predicted molar refractivity (Wildman–Crippen MR) is 53.8 cm³/mol. The fourth-order valence-corrected chi connectivity index (χ4v) is 2.08. The molecule has 0 rings (SSSR count). The van der Waals surface area contributed by atoms with Crippen molar-refractivity contribution >= 4 is 30.2 Å². The van der Waals surface area contributed by atoms with Crippen LogP contribution < -0.4 is 0 Å². The molecule has 0 aromatic carbocycles. The zero-order chi connectivity index (χ0) is 7.98. The molecule has 0 N–H and O–H groups in total. The number of hydrogen-bond donors (Lipinski definition) is 0. The standard InChI is InChI=1S/C6H15BOS2/c1-5(2)6(9-4)8-10-7-3/h5-7H,1-4H3. The zero-order valence-electron chi connectivity index (χ0n) is 7.09. The summed E-state index contributed by atoms with van der Waals surface area (Å²) in [6.45, 7) is 7.49. The molecule has 0 saturated carbocycles. The Labute approximate surface area is 73.0 Å². The third-order valence-electron chi connectivity index (χ3n) is 1.06. The van der Waals surface area contributed by atoms with Crippen molar-refractivity contribution in [2.45, 2.75) is 26.1 Å². The summed E-state index contributed by atoms with van der Waals surface area (Å²) in [5.41, 5.74) is 0.352. The van der Waals surface area contributed by atoms with Crippen LogP contribution in [-0.2, 0) is 4.18 Å². The van der Waals surface area contributed by atoms with Gasteiger partial charge in [0.05, 0.1) is 0 Å². The van der Waals surface area contributed by atoms with Crippen LogP contribution in [0.5, 0.6) is 0 Å². The highest BCUT2D eigenvalue weighted by Gasteiger charge is 2.11. The Morgan fingerprint density at radius 2 is 2.00 bits per heavy atom. The molecule has 0 aliphatic heterocycles. The monoisotopic (exact) mass is 178 g/mol. The Kier molecular flexibility index (Phi) is 6.90. The van der Waals surface area contributed by atoms with Gasteiger partial charge in [-0.1, -0.05) is 32.6 Å². The summed E-state index contributed by atoms with van der Waals surface area (Å²) >= 11 is 3.32. The lowest BCUT2D eigenvalue weighted by Crippen LogP contribution is -2.11. The second-order valence-corrected chi connectivity index (χ2v) is 4.29. The summed E-state index contributed by atoms with van der Waals surface area (Å²) < 4.78 is 5.48. The Bertz CT molecular complexity index is 80.1. The van der Waals surface area contributed by atoms with Gasteiger partial charge in [0.25, 0.3) is 0 Å². The van der Waals surface area contributed by atoms with Crippen LogP contribution in [0.4, 0.5) is 0 Å². The first-order valence-corrected chi connectivity index (χ1v) is 5.73. The number of thioether (sulfide) groups is 1. The third-order valence-corrected chi connectivity index (χ3v) is 2.86. The smallest absolute Gasteiger partial charge is 0.225 e. The number of rotatable bonds is 5. The lowest BCUT2D eigenvalue weighted by atomic mass is 10.2. The summed E-state index contributed by atoms with van der Waals surface area (Å²) in [5.74, 6) is 0.606. The number of hydrogen-bond acceptors (Lipinski definition) is 3. The fourth-order valence-electron chi connectivity index (χ4n) is 0.558. The minimum absolute atomic E-state index is 0.352. The van der Waals surface area contributed by atoms with E-state index in [1.54, 1.807) is 23.7 Å². The van der Waals surface area contributed by atoms with E-state index in [9.17, 15) is 0 Å². The van der Waals surface area contributed by atoms with Crippen molar-refractivity contribution in [3.05, 3.63) is 0 Å². The van der Waals surface area contributed by atoms with Gasteiger partial charge in [-0.3, -0.25) is 0 Å². The molecule has 0 aromatic rings. The van der Waals surface area contributed by atoms with Crippen molar-refractivity contribution in [1.82, 2.24) is 0 Å². The van der Waals surface area contributed by atoms with Gasteiger partial charge in [0.2, 0.25) is 6.56 Å². The Balaban J connectivity index is 3.40. The second-order valence-electron chi connectivity index (χ2n) is 2.35. The minimum Gasteiger partial charge on any atom is -0.313 e. The maximum atomic E-state index is 5.48. The molecule has 0 spiro atoms. The molecule has 0 aromatic heterocycles. The van der Waals surface area contributed by atoms with Gasteiger partial charge < -0.3 is 4.18 Å². The highest BCUT2D eigenvalue weighted by Crippen LogP contribution is 2.22. The highest BCUT2D eigenvalue weighted by atomic mass is 32.2. The topological polar surface area (TPSA) is 9.23 Å². The van der Waals surface area contributed by atoms with Crippen molar-refractivity contribution in [2.24, 2.45) is 5.92 Å². The molecule has 0 radical (unpaired) electrons. The molecule has 0 fully saturated rings. The third kappa shape index (κ3) is 4.53. The summed E-state index contributed by atoms with van der Waals surface area (Å²) in [4.78, 5) is 0. The highest BCUT2D eigenvalue weighted by molar-refractivity contribution is 8.18. The molecule has 0 saturated heterocycles. The minimum atomic E-state index is 0.352. The molecule has 1 atom stereocenters. The van der Waals surface area contributed by atoms with E-state index in [4.69, 9.17) is 4.18 Å². The van der Waals surface area contributed by atoms with E-state index >= 15 is 0 Å². The van der Waals surface area contributed by atoms with Crippen molar-refractivity contribution < 1.29 is 4.18 Å². The molecule has 60 valence electrons. The van der Waals surface area contributed by atoms with Crippen LogP contribution in [-0.4, -0.2) is 18.2 Å². The second kappa shape index (κ2) is 6.44. The van der Waals surface area contributed by atoms with Crippen LogP contribution in [0.3, 0.4) is 0 Å². The fraction of sp³-hybridized carbons (Fsp3) is 1.00. The largest absolute Gasteiger partial charge is 0.313 e. The molecular weight excluding hydrogens is 163 g/mol. The zero-order valence-corrected chi connectivity index (χ0v) is 8.72. The first-order chi connectivity index (χ1) is 4.72. The molecule has 0 bridgehead atoms. The maximum absolute atomic E-state index is 5.48. The van der Waals surface area contributed by atoms with E-state index in [1.165, 1.54) is 0 Å². The molecule has 1 nitrogen and oxygen atoms in total. The Morgan fingerprint density at radius 1 is 1.40 bits per heavy atom. The van der Waals surface area contributed by atoms with E-state index < -0.39 is 0 Å². The lowest BCUT2D eigenvalue weighted by molar-refractivity contribution is 0.281. The van der Waals surface area contributed by atoms with E-state index in [-0.39, 0.29) is 0 Å². The van der Waals surface area contributed by atoms with Crippen molar-refractivity contribution in [3.63, 3.8) is 0 Å². The first-order valence-electron chi connectivity index (χ1n) is 3.53. The summed E-state index contributed by atoms with van der Waals surface area (Å²) in [6, 6.07) is 0. The van der Waals surface area contributed by atoms with Gasteiger partial charge in [0, 0.05) is 0 Å². The maximum Gasteiger partial charge on any atom is 0.225 e. The normalized spacial score (nSPS) is 13.7. The molecule has 0 amide bonds. The molecule has 4 heteroatoms.